The highest BCUT2D eigenvalue weighted by Gasteiger charge is 2.26. The number of hydrogen-bond donors (Lipinski definition) is 1. The van der Waals surface area contributed by atoms with Crippen LogP contribution in [-0.4, -0.2) is 23.4 Å². The van der Waals surface area contributed by atoms with Crippen LogP contribution in [0.5, 0.6) is 0 Å². The molecule has 0 saturated carbocycles. The highest BCUT2D eigenvalue weighted by molar-refractivity contribution is 5.81. The quantitative estimate of drug-likeness (QED) is 0.847. The first-order valence-electron chi connectivity index (χ1n) is 6.86. The average Bonchev–Trinajstić information content (AvgIpc) is 2.91. The van der Waals surface area contributed by atoms with Gasteiger partial charge in [0.15, 0.2) is 0 Å². The van der Waals surface area contributed by atoms with Gasteiger partial charge in [-0.05, 0) is 25.0 Å². The highest BCUT2D eigenvalue weighted by atomic mass is 16.2. The largest absolute Gasteiger partial charge is 0.338 e. The lowest BCUT2D eigenvalue weighted by molar-refractivity contribution is -0.134. The van der Waals surface area contributed by atoms with Crippen molar-refractivity contribution in [1.82, 2.24) is 4.90 Å². The molecule has 1 amide bonds. The average molecular weight is 269 g/mol. The molecule has 0 bridgehead atoms. The van der Waals surface area contributed by atoms with Crippen molar-refractivity contribution in [3.8, 4) is 6.07 Å². The summed E-state index contributed by atoms with van der Waals surface area (Å²) in [6.45, 7) is 3.04. The maximum atomic E-state index is 12.5. The lowest BCUT2D eigenvalue weighted by atomic mass is 10.0. The van der Waals surface area contributed by atoms with Gasteiger partial charge in [-0.1, -0.05) is 30.4 Å². The predicted octanol–water partition coefficient (Wildman–Crippen LogP) is 1.81. The summed E-state index contributed by atoms with van der Waals surface area (Å²) in [7, 11) is 0. The van der Waals surface area contributed by atoms with Gasteiger partial charge in [0.1, 0.15) is 0 Å². The van der Waals surface area contributed by atoms with E-state index < -0.39 is 0 Å². The van der Waals surface area contributed by atoms with Crippen molar-refractivity contribution in [2.75, 3.05) is 6.54 Å². The summed E-state index contributed by atoms with van der Waals surface area (Å²) in [5.41, 5.74) is 7.31. The molecule has 0 heterocycles. The van der Waals surface area contributed by atoms with Crippen LogP contribution in [-0.2, 0) is 11.3 Å². The third-order valence-electron chi connectivity index (χ3n) is 3.63. The van der Waals surface area contributed by atoms with E-state index in [1.165, 1.54) is 0 Å². The number of nitriles is 1. The lowest BCUT2D eigenvalue weighted by Crippen LogP contribution is -2.35. The number of carbonyl (C=O) groups is 1. The molecule has 1 aliphatic rings. The molecule has 104 valence electrons. The summed E-state index contributed by atoms with van der Waals surface area (Å²) < 4.78 is 0. The number of amides is 1. The van der Waals surface area contributed by atoms with Gasteiger partial charge in [-0.25, -0.2) is 0 Å². The van der Waals surface area contributed by atoms with Gasteiger partial charge in [-0.15, -0.1) is 0 Å². The van der Waals surface area contributed by atoms with Crippen LogP contribution in [0.2, 0.25) is 0 Å². The van der Waals surface area contributed by atoms with Gasteiger partial charge in [-0.3, -0.25) is 4.79 Å². The van der Waals surface area contributed by atoms with Crippen LogP contribution >= 0.6 is 0 Å². The van der Waals surface area contributed by atoms with E-state index in [2.05, 4.69) is 6.07 Å². The molecule has 1 aromatic carbocycles. The number of hydrogen-bond acceptors (Lipinski definition) is 3. The Morgan fingerprint density at radius 3 is 2.80 bits per heavy atom. The number of rotatable bonds is 4. The molecule has 4 nitrogen and oxygen atoms in total. The van der Waals surface area contributed by atoms with Gasteiger partial charge >= 0.3 is 0 Å². The lowest BCUT2D eigenvalue weighted by Gasteiger charge is -2.24. The summed E-state index contributed by atoms with van der Waals surface area (Å²) in [4.78, 5) is 14.2. The fourth-order valence-electron chi connectivity index (χ4n) is 2.46. The minimum atomic E-state index is -0.126. The second-order valence-electron chi connectivity index (χ2n) is 5.01. The molecule has 0 fully saturated rings. The maximum Gasteiger partial charge on any atom is 0.229 e. The molecular weight excluding hydrogens is 250 g/mol. The first-order valence-corrected chi connectivity index (χ1v) is 6.86. The molecule has 4 heteroatoms. The number of benzene rings is 1. The fourth-order valence-corrected chi connectivity index (χ4v) is 2.46. The Balaban J connectivity index is 2.11. The third-order valence-corrected chi connectivity index (χ3v) is 3.63. The zero-order valence-corrected chi connectivity index (χ0v) is 11.6. The van der Waals surface area contributed by atoms with E-state index in [-0.39, 0.29) is 17.9 Å². The molecule has 2 N–H and O–H groups in total. The first kappa shape index (κ1) is 14.3. The van der Waals surface area contributed by atoms with Crippen molar-refractivity contribution in [2.24, 2.45) is 11.7 Å². The Morgan fingerprint density at radius 2 is 2.20 bits per heavy atom. The van der Waals surface area contributed by atoms with Gasteiger partial charge in [0.05, 0.1) is 17.6 Å². The summed E-state index contributed by atoms with van der Waals surface area (Å²) in [6.07, 6.45) is 4.46. The van der Waals surface area contributed by atoms with E-state index in [1.54, 1.807) is 11.0 Å². The van der Waals surface area contributed by atoms with Crippen molar-refractivity contribution < 1.29 is 4.79 Å². The SMILES string of the molecule is CCN(Cc1ccccc1C#N)C(=O)C1C=CC(N)C1. The molecule has 0 radical (unpaired) electrons. The maximum absolute atomic E-state index is 12.5. The second-order valence-corrected chi connectivity index (χ2v) is 5.01. The highest BCUT2D eigenvalue weighted by Crippen LogP contribution is 2.20. The van der Waals surface area contributed by atoms with Gasteiger partial charge in [0.2, 0.25) is 5.91 Å². The van der Waals surface area contributed by atoms with Crippen LogP contribution in [0, 0.1) is 17.2 Å². The van der Waals surface area contributed by atoms with E-state index in [9.17, 15) is 4.79 Å². The first-order chi connectivity index (χ1) is 9.65. The van der Waals surface area contributed by atoms with Crippen molar-refractivity contribution in [3.63, 3.8) is 0 Å². The van der Waals surface area contributed by atoms with Gasteiger partial charge in [0, 0.05) is 19.1 Å². The molecule has 1 aliphatic carbocycles. The Morgan fingerprint density at radius 1 is 1.45 bits per heavy atom. The van der Waals surface area contributed by atoms with Crippen LogP contribution in [0.1, 0.15) is 24.5 Å². The molecule has 0 saturated heterocycles. The molecule has 20 heavy (non-hydrogen) atoms. The van der Waals surface area contributed by atoms with Crippen molar-refractivity contribution in [1.29, 1.82) is 5.26 Å². The monoisotopic (exact) mass is 269 g/mol. The third kappa shape index (κ3) is 3.06. The number of carbonyl (C=O) groups excluding carboxylic acids is 1. The number of nitrogens with zero attached hydrogens (tertiary/aromatic N) is 2. The van der Waals surface area contributed by atoms with Crippen molar-refractivity contribution >= 4 is 5.91 Å². The van der Waals surface area contributed by atoms with E-state index >= 15 is 0 Å². The smallest absolute Gasteiger partial charge is 0.229 e. The van der Waals surface area contributed by atoms with Crippen LogP contribution in [0.15, 0.2) is 36.4 Å². The van der Waals surface area contributed by atoms with Gasteiger partial charge in [0.25, 0.3) is 0 Å². The molecule has 2 rings (SSSR count). The molecule has 1 aromatic rings. The number of nitrogens with two attached hydrogens (primary N) is 1. The normalized spacial score (nSPS) is 20.6. The predicted molar refractivity (Wildman–Crippen MR) is 77.5 cm³/mol. The van der Waals surface area contributed by atoms with Crippen molar-refractivity contribution in [2.45, 2.75) is 25.9 Å². The second kappa shape index (κ2) is 6.36. The van der Waals surface area contributed by atoms with E-state index in [0.717, 1.165) is 5.56 Å². The van der Waals surface area contributed by atoms with Gasteiger partial charge < -0.3 is 10.6 Å². The Bertz CT molecular complexity index is 559. The standard InChI is InChI=1S/C16H19N3O/c1-2-19(16(20)12-7-8-15(18)9-12)11-14-6-4-3-5-13(14)10-17/h3-8,12,15H,2,9,11,18H2,1H3. The van der Waals surface area contributed by atoms with E-state index in [0.29, 0.717) is 25.1 Å². The van der Waals surface area contributed by atoms with Gasteiger partial charge in [-0.2, -0.15) is 5.26 Å². The molecule has 0 spiro atoms. The summed E-state index contributed by atoms with van der Waals surface area (Å²) in [5, 5.41) is 9.11. The molecular formula is C16H19N3O. The Hall–Kier alpha value is -2.12. The molecule has 2 unspecified atom stereocenters. The van der Waals surface area contributed by atoms with Crippen LogP contribution in [0.25, 0.3) is 0 Å². The van der Waals surface area contributed by atoms with Crippen LogP contribution < -0.4 is 5.73 Å². The van der Waals surface area contributed by atoms with E-state index in [1.807, 2.05) is 37.3 Å². The summed E-state index contributed by atoms with van der Waals surface area (Å²) >= 11 is 0. The Kier molecular flexibility index (Phi) is 4.54. The van der Waals surface area contributed by atoms with Crippen LogP contribution in [0.4, 0.5) is 0 Å². The summed E-state index contributed by atoms with van der Waals surface area (Å²) in [6, 6.07) is 9.54. The zero-order valence-electron chi connectivity index (χ0n) is 11.6. The van der Waals surface area contributed by atoms with Crippen molar-refractivity contribution in [3.05, 3.63) is 47.5 Å². The zero-order chi connectivity index (χ0) is 14.5. The molecule has 0 aliphatic heterocycles. The van der Waals surface area contributed by atoms with Crippen LogP contribution in [0.3, 0.4) is 0 Å². The fraction of sp³-hybridized carbons (Fsp3) is 0.375. The molecule has 0 aromatic heterocycles. The minimum Gasteiger partial charge on any atom is -0.338 e. The Labute approximate surface area is 119 Å². The summed E-state index contributed by atoms with van der Waals surface area (Å²) in [5.74, 6) is -0.0383. The molecule has 2 atom stereocenters. The van der Waals surface area contributed by atoms with E-state index in [4.69, 9.17) is 11.0 Å². The topological polar surface area (TPSA) is 70.1 Å². The minimum absolute atomic E-state index is 0.0194.